The minimum Gasteiger partial charge on any atom is -0.326 e. The van der Waals surface area contributed by atoms with Crippen LogP contribution in [0, 0.1) is 5.92 Å². The van der Waals surface area contributed by atoms with Gasteiger partial charge in [0.25, 0.3) is 5.91 Å². The summed E-state index contributed by atoms with van der Waals surface area (Å²) in [7, 11) is 0. The summed E-state index contributed by atoms with van der Waals surface area (Å²) in [6, 6.07) is 16.9. The van der Waals surface area contributed by atoms with Crippen LogP contribution in [0.1, 0.15) is 21.8 Å². The van der Waals surface area contributed by atoms with Gasteiger partial charge in [0, 0.05) is 44.5 Å². The summed E-state index contributed by atoms with van der Waals surface area (Å²) in [5.41, 5.74) is 2.77. The maximum absolute atomic E-state index is 13.0. The van der Waals surface area contributed by atoms with Gasteiger partial charge in [0.1, 0.15) is 9.34 Å². The molecule has 2 atom stereocenters. The van der Waals surface area contributed by atoms with Crippen molar-refractivity contribution in [1.29, 1.82) is 0 Å². The molecule has 2 unspecified atom stereocenters. The van der Waals surface area contributed by atoms with Gasteiger partial charge in [0.15, 0.2) is 0 Å². The number of thiazole rings is 1. The normalized spacial score (nSPS) is 17.8. The van der Waals surface area contributed by atoms with Crippen molar-refractivity contribution in [2.75, 3.05) is 10.6 Å². The van der Waals surface area contributed by atoms with E-state index in [-0.39, 0.29) is 10.6 Å². The number of carbonyl (C=O) groups is 2. The zero-order chi connectivity index (χ0) is 26.3. The van der Waals surface area contributed by atoms with Crippen molar-refractivity contribution in [1.82, 2.24) is 4.98 Å². The fourth-order valence-electron chi connectivity index (χ4n) is 4.08. The summed E-state index contributed by atoms with van der Waals surface area (Å²) in [4.78, 5) is 30.3. The summed E-state index contributed by atoms with van der Waals surface area (Å²) in [5, 5.41) is 9.46. The molecule has 2 N–H and O–H groups in total. The quantitative estimate of drug-likeness (QED) is 0.215. The number of amides is 2. The molecule has 4 aromatic rings. The lowest BCUT2D eigenvalue weighted by molar-refractivity contribution is -0.117. The molecule has 5 nitrogen and oxygen atoms in total. The van der Waals surface area contributed by atoms with E-state index in [0.29, 0.717) is 27.0 Å². The Balaban J connectivity index is 1.29. The maximum atomic E-state index is 13.0. The SMILES string of the molecule is O=C(Nc1ccc(-c2nccs2)cc1)c1cc(NC(=O)C2C(c3cc(Cl)cc(Cl)c3)C2(Cl)Cl)ccc1Cl. The van der Waals surface area contributed by atoms with Gasteiger partial charge in [-0.2, -0.15) is 0 Å². The smallest absolute Gasteiger partial charge is 0.257 e. The fraction of sp³-hybridized carbons (Fsp3) is 0.115. The number of anilines is 2. The molecular weight excluding hydrogens is 596 g/mol. The summed E-state index contributed by atoms with van der Waals surface area (Å²) < 4.78 is -1.32. The van der Waals surface area contributed by atoms with Gasteiger partial charge in [0.05, 0.1) is 16.5 Å². The lowest BCUT2D eigenvalue weighted by atomic mass is 10.1. The van der Waals surface area contributed by atoms with E-state index < -0.39 is 28.0 Å². The van der Waals surface area contributed by atoms with E-state index in [2.05, 4.69) is 15.6 Å². The Kier molecular flexibility index (Phi) is 7.42. The number of rotatable bonds is 6. The third-order valence-electron chi connectivity index (χ3n) is 5.88. The summed E-state index contributed by atoms with van der Waals surface area (Å²) in [6.07, 6.45) is 1.74. The molecule has 1 aliphatic rings. The van der Waals surface area contributed by atoms with E-state index in [1.807, 2.05) is 17.5 Å². The van der Waals surface area contributed by atoms with Crippen molar-refractivity contribution >= 4 is 92.5 Å². The maximum Gasteiger partial charge on any atom is 0.257 e. The Morgan fingerprint density at radius 1 is 0.865 bits per heavy atom. The number of carbonyl (C=O) groups excluding carboxylic acids is 2. The number of benzene rings is 3. The average molecular weight is 612 g/mol. The minimum absolute atomic E-state index is 0.195. The Morgan fingerprint density at radius 2 is 1.54 bits per heavy atom. The highest BCUT2D eigenvalue weighted by atomic mass is 35.5. The molecule has 0 spiro atoms. The zero-order valence-electron chi connectivity index (χ0n) is 18.6. The lowest BCUT2D eigenvalue weighted by Crippen LogP contribution is -2.18. The number of halogens is 5. The van der Waals surface area contributed by atoms with Crippen molar-refractivity contribution in [3.63, 3.8) is 0 Å². The summed E-state index contributed by atoms with van der Waals surface area (Å²) >= 11 is 32.9. The molecule has 0 bridgehead atoms. The predicted molar refractivity (Wildman–Crippen MR) is 153 cm³/mol. The van der Waals surface area contributed by atoms with Crippen molar-refractivity contribution in [2.45, 2.75) is 10.3 Å². The molecular formula is C26H16Cl5N3O2S. The van der Waals surface area contributed by atoms with Gasteiger partial charge >= 0.3 is 0 Å². The molecule has 1 fully saturated rings. The van der Waals surface area contributed by atoms with Gasteiger partial charge in [-0.25, -0.2) is 4.98 Å². The second-order valence-electron chi connectivity index (χ2n) is 8.39. The number of hydrogen-bond donors (Lipinski definition) is 2. The first-order valence-corrected chi connectivity index (χ1v) is 13.7. The summed E-state index contributed by atoms with van der Waals surface area (Å²) in [5.74, 6) is -2.06. The van der Waals surface area contributed by atoms with Crippen LogP contribution >= 0.6 is 69.3 Å². The molecule has 188 valence electrons. The van der Waals surface area contributed by atoms with Gasteiger partial charge in [-0.1, -0.05) is 34.8 Å². The largest absolute Gasteiger partial charge is 0.326 e. The van der Waals surface area contributed by atoms with Crippen LogP contribution in [0.4, 0.5) is 11.4 Å². The molecule has 1 aromatic heterocycles. The predicted octanol–water partition coefficient (Wildman–Crippen LogP) is 8.55. The molecule has 1 saturated carbocycles. The number of aromatic nitrogens is 1. The van der Waals surface area contributed by atoms with Crippen LogP contribution in [-0.2, 0) is 4.79 Å². The summed E-state index contributed by atoms with van der Waals surface area (Å²) in [6.45, 7) is 0. The van der Waals surface area contributed by atoms with E-state index in [4.69, 9.17) is 58.0 Å². The molecule has 0 radical (unpaired) electrons. The highest BCUT2D eigenvalue weighted by molar-refractivity contribution is 7.13. The van der Waals surface area contributed by atoms with Crippen LogP contribution in [-0.4, -0.2) is 21.1 Å². The van der Waals surface area contributed by atoms with Crippen molar-refractivity contribution in [3.8, 4) is 10.6 Å². The number of nitrogens with one attached hydrogen (secondary N) is 2. The van der Waals surface area contributed by atoms with Gasteiger partial charge in [-0.05, 0) is 66.2 Å². The third kappa shape index (κ3) is 5.60. The van der Waals surface area contributed by atoms with Crippen molar-refractivity contribution < 1.29 is 9.59 Å². The Hall–Kier alpha value is -2.32. The molecule has 11 heteroatoms. The Bertz CT molecular complexity index is 1470. The van der Waals surface area contributed by atoms with Gasteiger partial charge in [-0.3, -0.25) is 9.59 Å². The third-order valence-corrected chi connectivity index (χ3v) is 8.41. The molecule has 1 aliphatic carbocycles. The number of nitrogens with zero attached hydrogens (tertiary/aromatic N) is 1. The van der Waals surface area contributed by atoms with Crippen molar-refractivity contribution in [2.24, 2.45) is 5.92 Å². The molecule has 0 aliphatic heterocycles. The number of hydrogen-bond acceptors (Lipinski definition) is 4. The van der Waals surface area contributed by atoms with Gasteiger partial charge in [0.2, 0.25) is 5.91 Å². The highest BCUT2D eigenvalue weighted by Crippen LogP contribution is 2.65. The van der Waals surface area contributed by atoms with Gasteiger partial charge < -0.3 is 10.6 Å². The van der Waals surface area contributed by atoms with E-state index in [9.17, 15) is 9.59 Å². The van der Waals surface area contributed by atoms with Crippen LogP contribution in [0.15, 0.2) is 72.2 Å². The lowest BCUT2D eigenvalue weighted by Gasteiger charge is -2.11. The molecule has 3 aromatic carbocycles. The Morgan fingerprint density at radius 3 is 2.19 bits per heavy atom. The topological polar surface area (TPSA) is 71.1 Å². The Labute approximate surface area is 241 Å². The number of alkyl halides is 2. The van der Waals surface area contributed by atoms with Crippen molar-refractivity contribution in [3.05, 3.63) is 98.4 Å². The second-order valence-corrected chi connectivity index (χ2v) is 12.0. The molecule has 2 amide bonds. The van der Waals surface area contributed by atoms with E-state index in [1.54, 1.807) is 42.6 Å². The van der Waals surface area contributed by atoms with Crippen LogP contribution in [0.2, 0.25) is 15.1 Å². The molecule has 0 saturated heterocycles. The van der Waals surface area contributed by atoms with Crippen LogP contribution in [0.5, 0.6) is 0 Å². The molecule has 1 heterocycles. The average Bonchev–Trinajstić information content (AvgIpc) is 3.16. The first-order chi connectivity index (χ1) is 17.6. The zero-order valence-corrected chi connectivity index (χ0v) is 23.2. The van der Waals surface area contributed by atoms with E-state index >= 15 is 0 Å². The van der Waals surface area contributed by atoms with Crippen LogP contribution in [0.3, 0.4) is 0 Å². The molecule has 37 heavy (non-hydrogen) atoms. The van der Waals surface area contributed by atoms with Gasteiger partial charge in [-0.15, -0.1) is 34.5 Å². The fourth-order valence-corrected chi connectivity index (χ4v) is 6.30. The van der Waals surface area contributed by atoms with Crippen LogP contribution in [0.25, 0.3) is 10.6 Å². The first kappa shape index (κ1) is 26.3. The minimum atomic E-state index is -1.32. The first-order valence-electron chi connectivity index (χ1n) is 10.9. The molecule has 5 rings (SSSR count). The van der Waals surface area contributed by atoms with E-state index in [1.165, 1.54) is 23.5 Å². The monoisotopic (exact) mass is 609 g/mol. The highest BCUT2D eigenvalue weighted by Gasteiger charge is 2.67. The standard InChI is InChI=1S/C26H16Cl5N3O2S/c27-15-9-14(10-16(28)11-15)21-22(26(21,30)31)24(36)34-18-5-6-20(29)19(12-18)23(35)33-17-3-1-13(2-4-17)25-32-7-8-37-25/h1-12,21-22H,(H,33,35)(H,34,36). The second kappa shape index (κ2) is 10.4. The van der Waals surface area contributed by atoms with E-state index in [0.717, 1.165) is 10.6 Å². The van der Waals surface area contributed by atoms with Crippen LogP contribution < -0.4 is 10.6 Å².